The number of carbonyl (C=O) groups is 1. The van der Waals surface area contributed by atoms with Gasteiger partial charge >= 0.3 is 0 Å². The summed E-state index contributed by atoms with van der Waals surface area (Å²) < 4.78 is 0. The Morgan fingerprint density at radius 1 is 0.550 bits per heavy atom. The molecule has 4 unspecified atom stereocenters. The zero-order valence-electron chi connectivity index (χ0n) is 28.8. The smallest absolute Gasteiger partial charge is 0.223 e. The SMILES string of the molecule is CCC.CCCCCCCCCC(CCCCCCCC1CC1CCCCCCCC)NC(=O)C(C)CCCC. The molecule has 4 atom stereocenters. The summed E-state index contributed by atoms with van der Waals surface area (Å²) in [5.74, 6) is 2.64. The average Bonchev–Trinajstić information content (AvgIpc) is 3.70. The lowest BCUT2D eigenvalue weighted by Gasteiger charge is -2.21. The number of unbranched alkanes of at least 4 members (excludes halogenated alkanes) is 16. The van der Waals surface area contributed by atoms with Crippen molar-refractivity contribution in [3.63, 3.8) is 0 Å². The van der Waals surface area contributed by atoms with Crippen LogP contribution in [0.2, 0.25) is 0 Å². The van der Waals surface area contributed by atoms with Crippen LogP contribution in [0.5, 0.6) is 0 Å². The summed E-state index contributed by atoms with van der Waals surface area (Å²) in [6, 6.07) is 0.404. The van der Waals surface area contributed by atoms with Gasteiger partial charge in [0.05, 0.1) is 0 Å². The van der Waals surface area contributed by atoms with Crippen LogP contribution in [0.1, 0.15) is 215 Å². The largest absolute Gasteiger partial charge is 0.353 e. The van der Waals surface area contributed by atoms with Gasteiger partial charge in [-0.15, -0.1) is 0 Å². The van der Waals surface area contributed by atoms with Gasteiger partial charge < -0.3 is 5.32 Å². The van der Waals surface area contributed by atoms with Crippen LogP contribution >= 0.6 is 0 Å². The van der Waals surface area contributed by atoms with Crippen molar-refractivity contribution in [1.29, 1.82) is 0 Å². The van der Waals surface area contributed by atoms with Crippen molar-refractivity contribution in [3.05, 3.63) is 0 Å². The first kappa shape index (κ1) is 39.5. The minimum atomic E-state index is 0.170. The van der Waals surface area contributed by atoms with E-state index in [1.807, 2.05) is 0 Å². The standard InChI is InChI=1S/C35H69NO.C3H8/c1-5-8-11-13-15-19-23-28-34(36-35(37)31(4)25-10-7-3)29-24-20-16-18-22-27-33-30-32(33)26-21-17-14-12-9-6-2;1-3-2/h31-34H,5-30H2,1-4H3,(H,36,37);3H2,1-2H3. The van der Waals surface area contributed by atoms with Gasteiger partial charge in [-0.05, 0) is 37.5 Å². The molecule has 1 fully saturated rings. The highest BCUT2D eigenvalue weighted by molar-refractivity contribution is 5.78. The van der Waals surface area contributed by atoms with E-state index >= 15 is 0 Å². The van der Waals surface area contributed by atoms with E-state index in [9.17, 15) is 4.79 Å². The van der Waals surface area contributed by atoms with Crippen LogP contribution < -0.4 is 5.32 Å². The molecular weight excluding hydrogens is 486 g/mol. The van der Waals surface area contributed by atoms with E-state index in [0.29, 0.717) is 11.9 Å². The molecule has 0 aromatic carbocycles. The van der Waals surface area contributed by atoms with E-state index in [4.69, 9.17) is 0 Å². The Bertz CT molecular complexity index is 518. The minimum Gasteiger partial charge on any atom is -0.353 e. The Hall–Kier alpha value is -0.530. The molecule has 2 heteroatoms. The second kappa shape index (κ2) is 29.9. The average molecular weight is 564 g/mol. The van der Waals surface area contributed by atoms with Crippen molar-refractivity contribution in [3.8, 4) is 0 Å². The summed E-state index contributed by atoms with van der Waals surface area (Å²) in [5, 5.41) is 3.46. The third kappa shape index (κ3) is 25.2. The lowest BCUT2D eigenvalue weighted by molar-refractivity contribution is -0.125. The van der Waals surface area contributed by atoms with E-state index in [2.05, 4.69) is 46.9 Å². The van der Waals surface area contributed by atoms with Crippen molar-refractivity contribution in [2.45, 2.75) is 221 Å². The molecule has 0 aromatic rings. The molecule has 1 saturated carbocycles. The van der Waals surface area contributed by atoms with Crippen LogP contribution in [0.4, 0.5) is 0 Å². The number of hydrogen-bond donors (Lipinski definition) is 1. The van der Waals surface area contributed by atoms with Gasteiger partial charge in [-0.25, -0.2) is 0 Å². The molecule has 1 amide bonds. The van der Waals surface area contributed by atoms with Gasteiger partial charge in [0.15, 0.2) is 0 Å². The Morgan fingerprint density at radius 2 is 0.925 bits per heavy atom. The monoisotopic (exact) mass is 564 g/mol. The minimum absolute atomic E-state index is 0.170. The first-order chi connectivity index (χ1) is 19.5. The Balaban J connectivity index is 0.00000483. The number of carbonyl (C=O) groups excluding carboxylic acids is 1. The maximum atomic E-state index is 12.8. The topological polar surface area (TPSA) is 29.1 Å². The summed E-state index contributed by atoms with van der Waals surface area (Å²) in [6.45, 7) is 13.2. The lowest BCUT2D eigenvalue weighted by Crippen LogP contribution is -2.38. The molecule has 240 valence electrons. The second-order valence-corrected chi connectivity index (χ2v) is 13.5. The second-order valence-electron chi connectivity index (χ2n) is 13.5. The van der Waals surface area contributed by atoms with Gasteiger partial charge in [0.1, 0.15) is 0 Å². The maximum absolute atomic E-state index is 12.8. The predicted molar refractivity (Wildman–Crippen MR) is 181 cm³/mol. The van der Waals surface area contributed by atoms with Crippen LogP contribution in [0.25, 0.3) is 0 Å². The highest BCUT2D eigenvalue weighted by Crippen LogP contribution is 2.45. The Labute approximate surface area is 254 Å². The van der Waals surface area contributed by atoms with Crippen LogP contribution in [-0.2, 0) is 4.79 Å². The highest BCUT2D eigenvalue weighted by atomic mass is 16.1. The van der Waals surface area contributed by atoms with Crippen molar-refractivity contribution >= 4 is 5.91 Å². The van der Waals surface area contributed by atoms with Crippen molar-refractivity contribution < 1.29 is 4.79 Å². The van der Waals surface area contributed by atoms with Gasteiger partial charge in [0.25, 0.3) is 0 Å². The van der Waals surface area contributed by atoms with E-state index in [1.165, 1.54) is 161 Å². The predicted octanol–water partition coefficient (Wildman–Crippen LogP) is 13.0. The fraction of sp³-hybridized carbons (Fsp3) is 0.974. The molecule has 0 radical (unpaired) electrons. The number of amides is 1. The molecule has 0 aliphatic heterocycles. The molecule has 0 heterocycles. The van der Waals surface area contributed by atoms with Gasteiger partial charge in [-0.1, -0.05) is 189 Å². The maximum Gasteiger partial charge on any atom is 0.223 e. The summed E-state index contributed by atoms with van der Waals surface area (Å²) in [6.07, 6.45) is 36.6. The van der Waals surface area contributed by atoms with E-state index < -0.39 is 0 Å². The molecule has 40 heavy (non-hydrogen) atoms. The quantitative estimate of drug-likeness (QED) is 0.0942. The van der Waals surface area contributed by atoms with Crippen molar-refractivity contribution in [1.82, 2.24) is 5.32 Å². The summed E-state index contributed by atoms with van der Waals surface area (Å²) in [4.78, 5) is 12.8. The fourth-order valence-corrected chi connectivity index (χ4v) is 6.15. The van der Waals surface area contributed by atoms with Gasteiger partial charge in [-0.3, -0.25) is 4.79 Å². The molecule has 0 bridgehead atoms. The lowest BCUT2D eigenvalue weighted by atomic mass is 9.98. The molecule has 0 aromatic heterocycles. The zero-order valence-corrected chi connectivity index (χ0v) is 28.8. The summed E-state index contributed by atoms with van der Waals surface area (Å²) in [5.41, 5.74) is 0. The molecule has 1 N–H and O–H groups in total. The van der Waals surface area contributed by atoms with E-state index in [1.54, 1.807) is 0 Å². The van der Waals surface area contributed by atoms with Gasteiger partial charge in [0.2, 0.25) is 5.91 Å². The van der Waals surface area contributed by atoms with Crippen LogP contribution in [0, 0.1) is 17.8 Å². The molecule has 2 nitrogen and oxygen atoms in total. The van der Waals surface area contributed by atoms with Crippen LogP contribution in [0.15, 0.2) is 0 Å². The Kier molecular flexibility index (Phi) is 29.5. The first-order valence-corrected chi connectivity index (χ1v) is 18.8. The number of hydrogen-bond acceptors (Lipinski definition) is 1. The van der Waals surface area contributed by atoms with Gasteiger partial charge in [-0.2, -0.15) is 0 Å². The Morgan fingerprint density at radius 3 is 1.35 bits per heavy atom. The highest BCUT2D eigenvalue weighted by Gasteiger charge is 2.35. The first-order valence-electron chi connectivity index (χ1n) is 18.8. The molecule has 0 spiro atoms. The van der Waals surface area contributed by atoms with E-state index in [-0.39, 0.29) is 5.92 Å². The van der Waals surface area contributed by atoms with Crippen molar-refractivity contribution in [2.75, 3.05) is 0 Å². The third-order valence-corrected chi connectivity index (χ3v) is 9.07. The van der Waals surface area contributed by atoms with Crippen molar-refractivity contribution in [2.24, 2.45) is 17.8 Å². The number of nitrogens with one attached hydrogen (secondary N) is 1. The van der Waals surface area contributed by atoms with Crippen LogP contribution in [-0.4, -0.2) is 11.9 Å². The van der Waals surface area contributed by atoms with Crippen LogP contribution in [0.3, 0.4) is 0 Å². The third-order valence-electron chi connectivity index (χ3n) is 9.07. The van der Waals surface area contributed by atoms with E-state index in [0.717, 1.165) is 24.7 Å². The summed E-state index contributed by atoms with van der Waals surface area (Å²) in [7, 11) is 0. The number of rotatable bonds is 28. The normalized spacial score (nSPS) is 17.6. The molecule has 1 aliphatic rings. The molecule has 0 saturated heterocycles. The fourth-order valence-electron chi connectivity index (χ4n) is 6.15. The molecular formula is C38H77NO. The summed E-state index contributed by atoms with van der Waals surface area (Å²) >= 11 is 0. The van der Waals surface area contributed by atoms with Gasteiger partial charge in [0, 0.05) is 12.0 Å². The molecule has 1 aliphatic carbocycles. The zero-order chi connectivity index (χ0) is 29.7. The molecule has 1 rings (SSSR count).